The van der Waals surface area contributed by atoms with Crippen molar-refractivity contribution in [2.75, 3.05) is 6.54 Å². The molecule has 2 N–H and O–H groups in total. The summed E-state index contributed by atoms with van der Waals surface area (Å²) >= 11 is 0. The largest absolute Gasteiger partial charge is 0.347 e. The van der Waals surface area contributed by atoms with Crippen LogP contribution in [0.1, 0.15) is 82.6 Å². The van der Waals surface area contributed by atoms with Crippen LogP contribution in [-0.2, 0) is 16.0 Å². The number of hydrogen-bond acceptors (Lipinski definition) is 3. The molecule has 4 rings (SSSR count). The van der Waals surface area contributed by atoms with E-state index >= 15 is 0 Å². The molecule has 6 heteroatoms. The third-order valence-electron chi connectivity index (χ3n) is 7.37. The number of carbonyl (C=O) groups is 2. The van der Waals surface area contributed by atoms with E-state index in [1.54, 1.807) is 4.90 Å². The Morgan fingerprint density at radius 2 is 1.78 bits per heavy atom. The lowest BCUT2D eigenvalue weighted by Gasteiger charge is -2.29. The number of amides is 2. The van der Waals surface area contributed by atoms with E-state index in [0.717, 1.165) is 54.5 Å². The number of aromatic amines is 1. The molecule has 3 aromatic rings. The average Bonchev–Trinajstić information content (AvgIpc) is 3.55. The second-order valence-corrected chi connectivity index (χ2v) is 10.1. The summed E-state index contributed by atoms with van der Waals surface area (Å²) in [6.45, 7) is 5.10. The number of fused-ring (bicyclic) bond motifs is 1. The Bertz CT molecular complexity index is 1090. The van der Waals surface area contributed by atoms with Gasteiger partial charge < -0.3 is 15.2 Å². The van der Waals surface area contributed by atoms with Gasteiger partial charge >= 0.3 is 0 Å². The molecule has 2 atom stereocenters. The Morgan fingerprint density at radius 3 is 2.50 bits per heavy atom. The number of H-pyrrole nitrogens is 1. The van der Waals surface area contributed by atoms with E-state index in [1.807, 2.05) is 42.5 Å². The van der Waals surface area contributed by atoms with Gasteiger partial charge in [0.15, 0.2) is 0 Å². The van der Waals surface area contributed by atoms with Gasteiger partial charge in [-0.2, -0.15) is 0 Å². The summed E-state index contributed by atoms with van der Waals surface area (Å²) in [5.41, 5.74) is 3.04. The number of nitrogens with zero attached hydrogens (tertiary/aromatic N) is 2. The maximum absolute atomic E-state index is 13.5. The van der Waals surface area contributed by atoms with Crippen LogP contribution in [0.15, 0.2) is 54.6 Å². The zero-order chi connectivity index (χ0) is 25.3. The highest BCUT2D eigenvalue weighted by molar-refractivity contribution is 5.88. The predicted octanol–water partition coefficient (Wildman–Crippen LogP) is 5.95. The van der Waals surface area contributed by atoms with Crippen molar-refractivity contribution in [1.82, 2.24) is 20.2 Å². The second-order valence-electron chi connectivity index (χ2n) is 10.1. The molecule has 2 aromatic carbocycles. The quantitative estimate of drug-likeness (QED) is 0.331. The Morgan fingerprint density at radius 1 is 1.06 bits per heavy atom. The van der Waals surface area contributed by atoms with Crippen molar-refractivity contribution >= 4 is 22.8 Å². The Labute approximate surface area is 214 Å². The molecule has 0 bridgehead atoms. The van der Waals surface area contributed by atoms with E-state index in [2.05, 4.69) is 41.3 Å². The summed E-state index contributed by atoms with van der Waals surface area (Å²) in [7, 11) is 0. The molecule has 0 aliphatic carbocycles. The smallest absolute Gasteiger partial charge is 0.243 e. The lowest BCUT2D eigenvalue weighted by atomic mass is 9.88. The van der Waals surface area contributed by atoms with Crippen LogP contribution in [0, 0.1) is 5.92 Å². The van der Waals surface area contributed by atoms with Crippen molar-refractivity contribution in [3.8, 4) is 0 Å². The normalized spacial score (nSPS) is 16.5. The van der Waals surface area contributed by atoms with Crippen molar-refractivity contribution in [2.24, 2.45) is 5.92 Å². The highest BCUT2D eigenvalue weighted by Crippen LogP contribution is 2.28. The average molecular weight is 489 g/mol. The van der Waals surface area contributed by atoms with Gasteiger partial charge in [-0.25, -0.2) is 4.98 Å². The lowest BCUT2D eigenvalue weighted by Crippen LogP contribution is -2.47. The van der Waals surface area contributed by atoms with Crippen LogP contribution < -0.4 is 5.32 Å². The Hall–Kier alpha value is -3.15. The summed E-state index contributed by atoms with van der Waals surface area (Å²) in [4.78, 5) is 36.3. The minimum absolute atomic E-state index is 0.0230. The summed E-state index contributed by atoms with van der Waals surface area (Å²) in [6, 6.07) is 17.7. The fourth-order valence-electron chi connectivity index (χ4n) is 5.59. The van der Waals surface area contributed by atoms with Crippen LogP contribution in [0.4, 0.5) is 0 Å². The van der Waals surface area contributed by atoms with Gasteiger partial charge in [0.1, 0.15) is 11.9 Å². The molecule has 6 nitrogen and oxygen atoms in total. The van der Waals surface area contributed by atoms with Gasteiger partial charge in [0.05, 0.1) is 17.1 Å². The van der Waals surface area contributed by atoms with E-state index in [-0.39, 0.29) is 17.9 Å². The number of imidazole rings is 1. The molecule has 1 unspecified atom stereocenters. The molecule has 36 heavy (non-hydrogen) atoms. The van der Waals surface area contributed by atoms with Crippen molar-refractivity contribution in [1.29, 1.82) is 0 Å². The highest BCUT2D eigenvalue weighted by atomic mass is 16.2. The molecule has 2 heterocycles. The first-order valence-electron chi connectivity index (χ1n) is 13.7. The molecular formula is C30H40N4O2. The minimum atomic E-state index is -0.393. The molecule has 1 aromatic heterocycles. The van der Waals surface area contributed by atoms with Gasteiger partial charge in [0.25, 0.3) is 0 Å². The zero-order valence-corrected chi connectivity index (χ0v) is 21.7. The number of likely N-dealkylation sites (tertiary alicyclic amines) is 1. The van der Waals surface area contributed by atoms with E-state index in [0.29, 0.717) is 25.3 Å². The van der Waals surface area contributed by atoms with Gasteiger partial charge in [-0.15, -0.1) is 0 Å². The number of para-hydroxylation sites is 2. The molecule has 0 saturated carbocycles. The number of aryl methyl sites for hydroxylation is 1. The van der Waals surface area contributed by atoms with Gasteiger partial charge in [0.2, 0.25) is 11.8 Å². The molecule has 1 saturated heterocycles. The fraction of sp³-hybridized carbons (Fsp3) is 0.500. The molecule has 2 amide bonds. The van der Waals surface area contributed by atoms with Crippen molar-refractivity contribution in [3.63, 3.8) is 0 Å². The summed E-state index contributed by atoms with van der Waals surface area (Å²) in [6.07, 6.45) is 8.04. The molecule has 1 aliphatic heterocycles. The summed E-state index contributed by atoms with van der Waals surface area (Å²) < 4.78 is 0. The predicted molar refractivity (Wildman–Crippen MR) is 144 cm³/mol. The number of carbonyl (C=O) groups excluding carboxylic acids is 2. The van der Waals surface area contributed by atoms with E-state index in [4.69, 9.17) is 0 Å². The second kappa shape index (κ2) is 12.7. The summed E-state index contributed by atoms with van der Waals surface area (Å²) in [5, 5.41) is 3.35. The standard InChI is InChI=1S/C30H40N4O2/c1-3-11-22(12-4-2)21-26(23-13-6-5-7-14-23)33-30(36)27-17-10-20-34(27)29(35)19-18-28-31-24-15-8-9-16-25(24)32-28/h5-9,13-16,22,26-27H,3-4,10-12,17-21H2,1-2H3,(H,31,32)(H,33,36)/t26?,27-/m0/s1. The lowest BCUT2D eigenvalue weighted by molar-refractivity contribution is -0.138. The third kappa shape index (κ3) is 6.54. The molecular weight excluding hydrogens is 448 g/mol. The number of benzene rings is 2. The first-order chi connectivity index (χ1) is 17.6. The number of rotatable bonds is 12. The van der Waals surface area contributed by atoms with Crippen LogP contribution in [-0.4, -0.2) is 39.3 Å². The third-order valence-corrected chi connectivity index (χ3v) is 7.37. The van der Waals surface area contributed by atoms with E-state index < -0.39 is 6.04 Å². The van der Waals surface area contributed by atoms with Crippen LogP contribution in [0.5, 0.6) is 0 Å². The Balaban J connectivity index is 1.40. The van der Waals surface area contributed by atoms with Crippen molar-refractivity contribution in [3.05, 3.63) is 66.0 Å². The van der Waals surface area contributed by atoms with E-state index in [9.17, 15) is 9.59 Å². The topological polar surface area (TPSA) is 78.1 Å². The molecule has 1 fully saturated rings. The number of aromatic nitrogens is 2. The molecule has 192 valence electrons. The van der Waals surface area contributed by atoms with E-state index in [1.165, 1.54) is 12.8 Å². The van der Waals surface area contributed by atoms with Crippen LogP contribution in [0.3, 0.4) is 0 Å². The van der Waals surface area contributed by atoms with Gasteiger partial charge in [0, 0.05) is 19.4 Å². The number of hydrogen-bond donors (Lipinski definition) is 2. The van der Waals surface area contributed by atoms with Crippen LogP contribution in [0.2, 0.25) is 0 Å². The highest BCUT2D eigenvalue weighted by Gasteiger charge is 2.35. The van der Waals surface area contributed by atoms with Crippen LogP contribution >= 0.6 is 0 Å². The molecule has 1 aliphatic rings. The SMILES string of the molecule is CCCC(CCC)CC(NC(=O)[C@@H]1CCCN1C(=O)CCc1nc2ccccc2[nH]1)c1ccccc1. The van der Waals surface area contributed by atoms with Gasteiger partial charge in [-0.1, -0.05) is 82.0 Å². The maximum atomic E-state index is 13.5. The van der Waals surface area contributed by atoms with Crippen LogP contribution in [0.25, 0.3) is 11.0 Å². The Kier molecular flexibility index (Phi) is 9.15. The fourth-order valence-corrected chi connectivity index (χ4v) is 5.59. The molecule has 0 spiro atoms. The first kappa shape index (κ1) is 25.9. The summed E-state index contributed by atoms with van der Waals surface area (Å²) in [5.74, 6) is 1.40. The minimum Gasteiger partial charge on any atom is -0.347 e. The monoisotopic (exact) mass is 488 g/mol. The number of nitrogens with one attached hydrogen (secondary N) is 2. The zero-order valence-electron chi connectivity index (χ0n) is 21.7. The van der Waals surface area contributed by atoms with Gasteiger partial charge in [-0.05, 0) is 42.9 Å². The first-order valence-corrected chi connectivity index (χ1v) is 13.7. The molecule has 0 radical (unpaired) electrons. The van der Waals surface area contributed by atoms with Gasteiger partial charge in [-0.3, -0.25) is 9.59 Å². The van der Waals surface area contributed by atoms with Crippen molar-refractivity contribution < 1.29 is 9.59 Å². The maximum Gasteiger partial charge on any atom is 0.243 e. The van der Waals surface area contributed by atoms with Crippen molar-refractivity contribution in [2.45, 2.75) is 83.7 Å².